The van der Waals surface area contributed by atoms with Crippen molar-refractivity contribution in [1.29, 1.82) is 0 Å². The first-order valence-electron chi connectivity index (χ1n) is 7.37. The molecule has 0 bridgehead atoms. The lowest BCUT2D eigenvalue weighted by Gasteiger charge is -2.40. The van der Waals surface area contributed by atoms with Gasteiger partial charge >= 0.3 is 0 Å². The molecule has 1 aliphatic heterocycles. The van der Waals surface area contributed by atoms with Crippen LogP contribution in [0.25, 0.3) is 0 Å². The van der Waals surface area contributed by atoms with Crippen LogP contribution in [0.5, 0.6) is 0 Å². The van der Waals surface area contributed by atoms with Crippen molar-refractivity contribution in [2.75, 3.05) is 25.4 Å². The summed E-state index contributed by atoms with van der Waals surface area (Å²) in [6, 6.07) is 10.1. The number of nitrogens with zero attached hydrogens (tertiary/aromatic N) is 1. The summed E-state index contributed by atoms with van der Waals surface area (Å²) < 4.78 is 5.97. The van der Waals surface area contributed by atoms with Gasteiger partial charge in [-0.1, -0.05) is 31.0 Å². The standard InChI is InChI=1S/C16H21NO2S/c18-15(12-20-14-6-2-1-3-7-14)17-10-11-19-16(13-17)8-4-5-9-16/h1-3,6-7H,4-5,8-13H2. The Morgan fingerprint density at radius 1 is 1.25 bits per heavy atom. The lowest BCUT2D eigenvalue weighted by atomic mass is 10.00. The number of morpholine rings is 1. The van der Waals surface area contributed by atoms with E-state index in [1.54, 1.807) is 11.8 Å². The van der Waals surface area contributed by atoms with Gasteiger partial charge in [-0.15, -0.1) is 11.8 Å². The average Bonchev–Trinajstić information content (AvgIpc) is 2.93. The van der Waals surface area contributed by atoms with Gasteiger partial charge in [0.05, 0.1) is 18.0 Å². The maximum atomic E-state index is 12.4. The first-order chi connectivity index (χ1) is 9.77. The van der Waals surface area contributed by atoms with Crippen LogP contribution >= 0.6 is 11.8 Å². The zero-order valence-corrected chi connectivity index (χ0v) is 12.5. The van der Waals surface area contributed by atoms with E-state index in [1.807, 2.05) is 23.1 Å². The fourth-order valence-electron chi connectivity index (χ4n) is 3.13. The summed E-state index contributed by atoms with van der Waals surface area (Å²) in [5.74, 6) is 0.772. The summed E-state index contributed by atoms with van der Waals surface area (Å²) in [7, 11) is 0. The molecular weight excluding hydrogens is 270 g/mol. The van der Waals surface area contributed by atoms with E-state index in [4.69, 9.17) is 4.74 Å². The van der Waals surface area contributed by atoms with Crippen molar-refractivity contribution >= 4 is 17.7 Å². The molecule has 3 nitrogen and oxygen atoms in total. The van der Waals surface area contributed by atoms with Crippen molar-refractivity contribution in [3.8, 4) is 0 Å². The molecule has 0 atom stereocenters. The minimum Gasteiger partial charge on any atom is -0.371 e. The number of carbonyl (C=O) groups excluding carboxylic acids is 1. The third-order valence-corrected chi connectivity index (χ3v) is 5.22. The molecule has 0 aromatic heterocycles. The topological polar surface area (TPSA) is 29.5 Å². The summed E-state index contributed by atoms with van der Waals surface area (Å²) >= 11 is 1.62. The lowest BCUT2D eigenvalue weighted by Crippen LogP contribution is -2.52. The molecule has 1 saturated heterocycles. The van der Waals surface area contributed by atoms with Crippen LogP contribution < -0.4 is 0 Å². The number of carbonyl (C=O) groups is 1. The highest BCUT2D eigenvalue weighted by atomic mass is 32.2. The average molecular weight is 291 g/mol. The van der Waals surface area contributed by atoms with Crippen LogP contribution in [0.4, 0.5) is 0 Å². The Balaban J connectivity index is 1.54. The quantitative estimate of drug-likeness (QED) is 0.802. The highest BCUT2D eigenvalue weighted by Gasteiger charge is 2.40. The van der Waals surface area contributed by atoms with Gasteiger partial charge in [0.2, 0.25) is 5.91 Å². The van der Waals surface area contributed by atoms with E-state index in [-0.39, 0.29) is 11.5 Å². The predicted molar refractivity (Wildman–Crippen MR) is 80.9 cm³/mol. The van der Waals surface area contributed by atoms with Crippen molar-refractivity contribution in [3.05, 3.63) is 30.3 Å². The van der Waals surface area contributed by atoms with Crippen LogP contribution in [0.3, 0.4) is 0 Å². The van der Waals surface area contributed by atoms with Gasteiger partial charge in [-0.05, 0) is 25.0 Å². The van der Waals surface area contributed by atoms with Crippen molar-refractivity contribution in [1.82, 2.24) is 4.90 Å². The third kappa shape index (κ3) is 3.18. The summed E-state index contributed by atoms with van der Waals surface area (Å²) in [5.41, 5.74) is -0.0225. The first kappa shape index (κ1) is 14.0. The molecule has 0 N–H and O–H groups in total. The maximum Gasteiger partial charge on any atom is 0.233 e. The van der Waals surface area contributed by atoms with Gasteiger partial charge in [-0.25, -0.2) is 0 Å². The number of hydrogen-bond donors (Lipinski definition) is 0. The molecule has 0 radical (unpaired) electrons. The molecule has 3 rings (SSSR count). The number of amides is 1. The SMILES string of the molecule is O=C(CSc1ccccc1)N1CCOC2(CCCC2)C1. The third-order valence-electron chi connectivity index (χ3n) is 4.22. The smallest absolute Gasteiger partial charge is 0.233 e. The van der Waals surface area contributed by atoms with Crippen LogP contribution in [0.2, 0.25) is 0 Å². The van der Waals surface area contributed by atoms with Gasteiger partial charge < -0.3 is 9.64 Å². The molecule has 1 amide bonds. The Kier molecular flexibility index (Phi) is 4.32. The molecule has 1 heterocycles. The van der Waals surface area contributed by atoms with Crippen molar-refractivity contribution < 1.29 is 9.53 Å². The molecule has 2 fully saturated rings. The minimum absolute atomic E-state index is 0.0225. The number of thioether (sulfide) groups is 1. The second kappa shape index (κ2) is 6.19. The summed E-state index contributed by atoms with van der Waals surface area (Å²) in [4.78, 5) is 15.5. The van der Waals surface area contributed by atoms with Gasteiger partial charge in [-0.3, -0.25) is 4.79 Å². The fraction of sp³-hybridized carbons (Fsp3) is 0.562. The van der Waals surface area contributed by atoms with Crippen molar-refractivity contribution in [2.24, 2.45) is 0 Å². The Labute approximate surface area is 124 Å². The van der Waals surface area contributed by atoms with Gasteiger partial charge in [-0.2, -0.15) is 0 Å². The molecule has 20 heavy (non-hydrogen) atoms. The highest BCUT2D eigenvalue weighted by Crippen LogP contribution is 2.36. The van der Waals surface area contributed by atoms with E-state index in [2.05, 4.69) is 12.1 Å². The van der Waals surface area contributed by atoms with E-state index in [9.17, 15) is 4.79 Å². The van der Waals surface area contributed by atoms with E-state index < -0.39 is 0 Å². The Hall–Kier alpha value is -1.00. The van der Waals surface area contributed by atoms with E-state index in [0.717, 1.165) is 30.8 Å². The van der Waals surface area contributed by atoms with Crippen LogP contribution in [-0.2, 0) is 9.53 Å². The lowest BCUT2D eigenvalue weighted by molar-refractivity contribution is -0.147. The molecular formula is C16H21NO2S. The zero-order chi connectivity index (χ0) is 13.8. The molecule has 108 valence electrons. The molecule has 1 aromatic carbocycles. The van der Waals surface area contributed by atoms with Crippen LogP contribution in [-0.4, -0.2) is 41.9 Å². The number of hydrogen-bond acceptors (Lipinski definition) is 3. The molecule has 1 spiro atoms. The highest BCUT2D eigenvalue weighted by molar-refractivity contribution is 8.00. The normalized spacial score (nSPS) is 21.3. The molecule has 1 saturated carbocycles. The molecule has 1 aromatic rings. The number of rotatable bonds is 3. The van der Waals surface area contributed by atoms with Gasteiger partial charge in [0, 0.05) is 18.0 Å². The van der Waals surface area contributed by atoms with Crippen molar-refractivity contribution in [2.45, 2.75) is 36.2 Å². The van der Waals surface area contributed by atoms with Crippen LogP contribution in [0.15, 0.2) is 35.2 Å². The Bertz CT molecular complexity index is 457. The number of benzene rings is 1. The van der Waals surface area contributed by atoms with E-state index in [0.29, 0.717) is 12.4 Å². The second-order valence-electron chi connectivity index (χ2n) is 5.66. The zero-order valence-electron chi connectivity index (χ0n) is 11.7. The van der Waals surface area contributed by atoms with Crippen molar-refractivity contribution in [3.63, 3.8) is 0 Å². The van der Waals surface area contributed by atoms with E-state index >= 15 is 0 Å². The Morgan fingerprint density at radius 2 is 2.00 bits per heavy atom. The first-order valence-corrected chi connectivity index (χ1v) is 8.36. The fourth-order valence-corrected chi connectivity index (χ4v) is 3.95. The van der Waals surface area contributed by atoms with E-state index in [1.165, 1.54) is 12.8 Å². The summed E-state index contributed by atoms with van der Waals surface area (Å²) in [5, 5.41) is 0. The molecule has 1 aliphatic carbocycles. The minimum atomic E-state index is -0.0225. The molecule has 0 unspecified atom stereocenters. The Morgan fingerprint density at radius 3 is 2.75 bits per heavy atom. The monoisotopic (exact) mass is 291 g/mol. The number of ether oxygens (including phenoxy) is 1. The van der Waals surface area contributed by atoms with Crippen LogP contribution in [0.1, 0.15) is 25.7 Å². The van der Waals surface area contributed by atoms with Gasteiger partial charge in [0.25, 0.3) is 0 Å². The largest absolute Gasteiger partial charge is 0.371 e. The predicted octanol–water partition coefficient (Wildman–Crippen LogP) is 2.95. The maximum absolute atomic E-state index is 12.4. The van der Waals surface area contributed by atoms with Gasteiger partial charge in [0.15, 0.2) is 0 Å². The second-order valence-corrected chi connectivity index (χ2v) is 6.70. The summed E-state index contributed by atoms with van der Waals surface area (Å²) in [6.45, 7) is 2.23. The molecule has 4 heteroatoms. The summed E-state index contributed by atoms with van der Waals surface area (Å²) in [6.07, 6.45) is 4.70. The molecule has 2 aliphatic rings. The van der Waals surface area contributed by atoms with Gasteiger partial charge in [0.1, 0.15) is 0 Å². The van der Waals surface area contributed by atoms with Crippen LogP contribution in [0, 0.1) is 0 Å².